The van der Waals surface area contributed by atoms with Gasteiger partial charge in [0.25, 0.3) is 5.91 Å². The maximum absolute atomic E-state index is 13.1. The quantitative estimate of drug-likeness (QED) is 0.549. The van der Waals surface area contributed by atoms with Crippen LogP contribution in [0.3, 0.4) is 0 Å². The fourth-order valence-electron chi connectivity index (χ4n) is 3.75. The lowest BCUT2D eigenvalue weighted by atomic mass is 10.1. The Morgan fingerprint density at radius 1 is 1.00 bits per heavy atom. The molecule has 2 aromatic carbocycles. The molecule has 0 N–H and O–H groups in total. The number of rotatable bonds is 4. The number of nitrogens with zero attached hydrogens (tertiary/aromatic N) is 3. The predicted molar refractivity (Wildman–Crippen MR) is 126 cm³/mol. The maximum Gasteiger partial charge on any atom is 0.409 e. The van der Waals surface area contributed by atoms with Crippen molar-refractivity contribution in [1.82, 2.24) is 14.8 Å². The van der Waals surface area contributed by atoms with E-state index in [1.807, 2.05) is 50.2 Å². The van der Waals surface area contributed by atoms with Gasteiger partial charge in [-0.25, -0.2) is 9.78 Å². The number of carbonyl (C=O) groups excluding carboxylic acids is 2. The topological polar surface area (TPSA) is 62.7 Å². The van der Waals surface area contributed by atoms with Gasteiger partial charge in [-0.15, -0.1) is 0 Å². The number of carbonyl (C=O) groups is 2. The van der Waals surface area contributed by atoms with Crippen LogP contribution in [0.4, 0.5) is 4.79 Å². The van der Waals surface area contributed by atoms with Crippen LogP contribution in [0, 0.1) is 6.92 Å². The highest BCUT2D eigenvalue weighted by Crippen LogP contribution is 2.29. The molecular formula is C25H26ClN3O3. The summed E-state index contributed by atoms with van der Waals surface area (Å²) in [5.41, 5.74) is 4.16. The number of benzene rings is 2. The molecule has 2 amide bonds. The third-order valence-electron chi connectivity index (χ3n) is 5.61. The van der Waals surface area contributed by atoms with E-state index in [1.165, 1.54) is 5.56 Å². The SMILES string of the molecule is CCCOC(=O)N1CCN(C(=O)c2ccc3c(Cl)cc(-c4ccc(C)cc4)nc3c2)CC1. The molecule has 6 nitrogen and oxygen atoms in total. The largest absolute Gasteiger partial charge is 0.449 e. The molecular weight excluding hydrogens is 426 g/mol. The second kappa shape index (κ2) is 9.57. The normalized spacial score (nSPS) is 14.0. The third-order valence-corrected chi connectivity index (χ3v) is 5.92. The standard InChI is InChI=1S/C25H26ClN3O3/c1-3-14-32-25(31)29-12-10-28(11-13-29)24(30)19-8-9-20-21(26)16-22(27-23(20)15-19)18-6-4-17(2)5-7-18/h4-9,15-16H,3,10-14H2,1-2H3. The lowest BCUT2D eigenvalue weighted by Gasteiger charge is -2.34. The first-order chi connectivity index (χ1) is 15.5. The number of aromatic nitrogens is 1. The van der Waals surface area contributed by atoms with Crippen LogP contribution in [-0.2, 0) is 4.74 Å². The molecule has 32 heavy (non-hydrogen) atoms. The first-order valence-electron chi connectivity index (χ1n) is 10.8. The van der Waals surface area contributed by atoms with E-state index in [1.54, 1.807) is 21.9 Å². The Morgan fingerprint density at radius 3 is 2.38 bits per heavy atom. The van der Waals surface area contributed by atoms with Crippen molar-refractivity contribution in [2.24, 2.45) is 0 Å². The molecule has 0 bridgehead atoms. The molecule has 3 aromatic rings. The van der Waals surface area contributed by atoms with Crippen LogP contribution in [0.2, 0.25) is 5.02 Å². The van der Waals surface area contributed by atoms with Crippen LogP contribution in [0.15, 0.2) is 48.5 Å². The zero-order valence-electron chi connectivity index (χ0n) is 18.3. The molecule has 166 valence electrons. The van der Waals surface area contributed by atoms with Crippen molar-refractivity contribution in [2.75, 3.05) is 32.8 Å². The molecule has 2 heterocycles. The second-order valence-corrected chi connectivity index (χ2v) is 8.39. The number of pyridine rings is 1. The highest BCUT2D eigenvalue weighted by atomic mass is 35.5. The number of halogens is 1. The van der Waals surface area contributed by atoms with Crippen molar-refractivity contribution in [2.45, 2.75) is 20.3 Å². The maximum atomic E-state index is 13.1. The van der Waals surface area contributed by atoms with E-state index in [4.69, 9.17) is 21.3 Å². The fraction of sp³-hybridized carbons (Fsp3) is 0.320. The van der Waals surface area contributed by atoms with Gasteiger partial charge < -0.3 is 14.5 Å². The Bertz CT molecular complexity index is 1140. The molecule has 0 spiro atoms. The van der Waals surface area contributed by atoms with Gasteiger partial charge in [0.05, 0.1) is 22.8 Å². The van der Waals surface area contributed by atoms with E-state index in [-0.39, 0.29) is 12.0 Å². The van der Waals surface area contributed by atoms with Crippen molar-refractivity contribution >= 4 is 34.5 Å². The molecule has 1 saturated heterocycles. The van der Waals surface area contributed by atoms with E-state index >= 15 is 0 Å². The van der Waals surface area contributed by atoms with Crippen molar-refractivity contribution < 1.29 is 14.3 Å². The minimum absolute atomic E-state index is 0.0767. The Kier molecular flexibility index (Phi) is 6.61. The first-order valence-corrected chi connectivity index (χ1v) is 11.2. The van der Waals surface area contributed by atoms with Crippen LogP contribution in [0.5, 0.6) is 0 Å². The molecule has 1 aliphatic heterocycles. The van der Waals surface area contributed by atoms with Crippen molar-refractivity contribution in [3.8, 4) is 11.3 Å². The molecule has 1 aromatic heterocycles. The summed E-state index contributed by atoms with van der Waals surface area (Å²) in [7, 11) is 0. The van der Waals surface area contributed by atoms with Crippen molar-refractivity contribution in [3.05, 3.63) is 64.7 Å². The van der Waals surface area contributed by atoms with Crippen molar-refractivity contribution in [3.63, 3.8) is 0 Å². The number of piperazine rings is 1. The van der Waals surface area contributed by atoms with E-state index in [0.29, 0.717) is 48.9 Å². The second-order valence-electron chi connectivity index (χ2n) is 7.98. The van der Waals surface area contributed by atoms with Crippen LogP contribution >= 0.6 is 11.6 Å². The zero-order valence-corrected chi connectivity index (χ0v) is 19.1. The minimum Gasteiger partial charge on any atom is -0.449 e. The average Bonchev–Trinajstić information content (AvgIpc) is 2.82. The van der Waals surface area contributed by atoms with Crippen LogP contribution in [0.25, 0.3) is 22.2 Å². The molecule has 7 heteroatoms. The van der Waals surface area contributed by atoms with Gasteiger partial charge in [0, 0.05) is 42.7 Å². The number of fused-ring (bicyclic) bond motifs is 1. The summed E-state index contributed by atoms with van der Waals surface area (Å²) < 4.78 is 5.19. The van der Waals surface area contributed by atoms with Gasteiger partial charge >= 0.3 is 6.09 Å². The molecule has 1 aliphatic rings. The highest BCUT2D eigenvalue weighted by molar-refractivity contribution is 6.35. The molecule has 1 fully saturated rings. The highest BCUT2D eigenvalue weighted by Gasteiger charge is 2.26. The summed E-state index contributed by atoms with van der Waals surface area (Å²) in [5, 5.41) is 1.41. The number of amides is 2. The Morgan fingerprint density at radius 2 is 1.69 bits per heavy atom. The summed E-state index contributed by atoms with van der Waals surface area (Å²) in [5.74, 6) is -0.0767. The summed E-state index contributed by atoms with van der Waals surface area (Å²) in [6, 6.07) is 15.4. The van der Waals surface area contributed by atoms with Crippen LogP contribution < -0.4 is 0 Å². The molecule has 4 rings (SSSR count). The van der Waals surface area contributed by atoms with E-state index in [2.05, 4.69) is 0 Å². The molecule has 0 saturated carbocycles. The van der Waals surface area contributed by atoms with E-state index < -0.39 is 0 Å². The fourth-order valence-corrected chi connectivity index (χ4v) is 4.01. The zero-order chi connectivity index (χ0) is 22.7. The van der Waals surface area contributed by atoms with Crippen LogP contribution in [0.1, 0.15) is 29.3 Å². The smallest absolute Gasteiger partial charge is 0.409 e. The third kappa shape index (κ3) is 4.70. The van der Waals surface area contributed by atoms with Crippen molar-refractivity contribution in [1.29, 1.82) is 0 Å². The Labute approximate surface area is 192 Å². The van der Waals surface area contributed by atoms with Gasteiger partial charge in [-0.1, -0.05) is 54.4 Å². The molecule has 0 unspecified atom stereocenters. The lowest BCUT2D eigenvalue weighted by molar-refractivity contribution is 0.0560. The van der Waals surface area contributed by atoms with Gasteiger partial charge in [0.2, 0.25) is 0 Å². The number of aryl methyl sites for hydroxylation is 1. The first kappa shape index (κ1) is 22.1. The van der Waals surface area contributed by atoms with Crippen LogP contribution in [-0.4, -0.2) is 59.6 Å². The van der Waals surface area contributed by atoms with E-state index in [9.17, 15) is 9.59 Å². The summed E-state index contributed by atoms with van der Waals surface area (Å²) in [4.78, 5) is 33.3. The molecule has 0 atom stereocenters. The van der Waals surface area contributed by atoms with E-state index in [0.717, 1.165) is 23.1 Å². The van der Waals surface area contributed by atoms with Gasteiger partial charge in [0.1, 0.15) is 0 Å². The average molecular weight is 452 g/mol. The summed E-state index contributed by atoms with van der Waals surface area (Å²) in [6.45, 7) is 6.27. The molecule has 0 aliphatic carbocycles. The summed E-state index contributed by atoms with van der Waals surface area (Å²) in [6.07, 6.45) is 0.475. The predicted octanol–water partition coefficient (Wildman–Crippen LogP) is 5.17. The Balaban J connectivity index is 1.52. The monoisotopic (exact) mass is 451 g/mol. The van der Waals surface area contributed by atoms with Gasteiger partial charge in [-0.2, -0.15) is 0 Å². The van der Waals surface area contributed by atoms with Gasteiger partial charge in [0.15, 0.2) is 0 Å². The van der Waals surface area contributed by atoms with Gasteiger partial charge in [-0.3, -0.25) is 4.79 Å². The lowest BCUT2D eigenvalue weighted by Crippen LogP contribution is -2.50. The van der Waals surface area contributed by atoms with Gasteiger partial charge in [-0.05, 0) is 31.5 Å². The molecule has 0 radical (unpaired) electrons. The number of hydrogen-bond acceptors (Lipinski definition) is 4. The summed E-state index contributed by atoms with van der Waals surface area (Å²) >= 11 is 6.52. The number of hydrogen-bond donors (Lipinski definition) is 0. The Hall–Kier alpha value is -3.12. The minimum atomic E-state index is -0.313. The number of ether oxygens (including phenoxy) is 1.